The van der Waals surface area contributed by atoms with E-state index >= 15 is 0 Å². The van der Waals surface area contributed by atoms with Crippen LogP contribution in [0.5, 0.6) is 5.75 Å². The van der Waals surface area contributed by atoms with Crippen molar-refractivity contribution in [2.24, 2.45) is 0 Å². The number of halogens is 4. The number of carbonyl (C=O) groups is 1. The van der Waals surface area contributed by atoms with Gasteiger partial charge in [0.25, 0.3) is 0 Å². The number of fused-ring (bicyclic) bond motifs is 1. The van der Waals surface area contributed by atoms with E-state index in [1.165, 1.54) is 36.4 Å². The molecule has 0 unspecified atom stereocenters. The minimum atomic E-state index is -4.76. The van der Waals surface area contributed by atoms with Gasteiger partial charge in [0.1, 0.15) is 17.3 Å². The Hall–Kier alpha value is -4.21. The van der Waals surface area contributed by atoms with Crippen LogP contribution in [0.25, 0.3) is 22.0 Å². The second kappa shape index (κ2) is 10.3. The monoisotopic (exact) mass is 524 g/mol. The minimum Gasteiger partial charge on any atom is -0.406 e. The van der Waals surface area contributed by atoms with E-state index in [2.05, 4.69) is 19.8 Å². The Morgan fingerprint density at radius 2 is 1.63 bits per heavy atom. The first kappa shape index (κ1) is 25.4. The molecule has 0 bridgehead atoms. The lowest BCUT2D eigenvalue weighted by Gasteiger charge is -2.40. The van der Waals surface area contributed by atoms with E-state index in [1.54, 1.807) is 17.0 Å². The van der Waals surface area contributed by atoms with E-state index in [-0.39, 0.29) is 29.9 Å². The zero-order valence-corrected chi connectivity index (χ0v) is 20.5. The lowest BCUT2D eigenvalue weighted by molar-refractivity contribution is -0.274. The molecule has 0 spiro atoms. The number of nitrogens with zero attached hydrogens (tertiary/aromatic N) is 4. The zero-order chi connectivity index (χ0) is 26.9. The maximum Gasteiger partial charge on any atom is 0.573 e. The SMILES string of the molecule is C[C@H]1CN(C(=O)Cc2ccc(OC(F)(F)F)cc2)CCN1c1nnc(-c2ccc(F)cc2)c2ccccc12. The summed E-state index contributed by atoms with van der Waals surface area (Å²) in [5.74, 6) is -0.0408. The van der Waals surface area contributed by atoms with E-state index in [0.29, 0.717) is 36.7 Å². The van der Waals surface area contributed by atoms with Crippen molar-refractivity contribution in [3.8, 4) is 17.0 Å². The van der Waals surface area contributed by atoms with Crippen LogP contribution in [0, 0.1) is 5.82 Å². The Balaban J connectivity index is 1.30. The van der Waals surface area contributed by atoms with Gasteiger partial charge in [-0.3, -0.25) is 4.79 Å². The molecule has 0 N–H and O–H groups in total. The van der Waals surface area contributed by atoms with Crippen molar-refractivity contribution in [2.75, 3.05) is 24.5 Å². The Morgan fingerprint density at radius 3 is 2.29 bits per heavy atom. The van der Waals surface area contributed by atoms with Gasteiger partial charge in [0.05, 0.1) is 6.42 Å². The minimum absolute atomic E-state index is 0.0513. The first-order valence-electron chi connectivity index (χ1n) is 12.1. The Kier molecular flexibility index (Phi) is 6.88. The number of rotatable bonds is 5. The smallest absolute Gasteiger partial charge is 0.406 e. The van der Waals surface area contributed by atoms with Gasteiger partial charge in [-0.25, -0.2) is 4.39 Å². The van der Waals surface area contributed by atoms with Crippen molar-refractivity contribution in [3.05, 3.63) is 84.2 Å². The van der Waals surface area contributed by atoms with Crippen LogP contribution in [-0.4, -0.2) is 53.0 Å². The molecule has 1 fully saturated rings. The maximum absolute atomic E-state index is 13.4. The van der Waals surface area contributed by atoms with Crippen LogP contribution >= 0.6 is 0 Å². The molecule has 1 aromatic heterocycles. The molecular formula is C28H24F4N4O2. The zero-order valence-electron chi connectivity index (χ0n) is 20.5. The molecular weight excluding hydrogens is 500 g/mol. The van der Waals surface area contributed by atoms with Crippen molar-refractivity contribution >= 4 is 22.5 Å². The predicted octanol–water partition coefficient (Wildman–Crippen LogP) is 5.61. The van der Waals surface area contributed by atoms with Gasteiger partial charge in [0, 0.05) is 42.0 Å². The van der Waals surface area contributed by atoms with Crippen LogP contribution in [0.15, 0.2) is 72.8 Å². The number of hydrogen-bond donors (Lipinski definition) is 0. The molecule has 38 heavy (non-hydrogen) atoms. The summed E-state index contributed by atoms with van der Waals surface area (Å²) < 4.78 is 54.4. The van der Waals surface area contributed by atoms with Crippen LogP contribution in [-0.2, 0) is 11.2 Å². The summed E-state index contributed by atoms with van der Waals surface area (Å²) >= 11 is 0. The van der Waals surface area contributed by atoms with Crippen LogP contribution in [0.1, 0.15) is 12.5 Å². The van der Waals surface area contributed by atoms with Crippen molar-refractivity contribution in [1.29, 1.82) is 0 Å². The first-order valence-corrected chi connectivity index (χ1v) is 12.1. The Bertz CT molecular complexity index is 1440. The fraction of sp³-hybridized carbons (Fsp3) is 0.250. The number of piperazine rings is 1. The highest BCUT2D eigenvalue weighted by molar-refractivity contribution is 6.00. The topological polar surface area (TPSA) is 58.6 Å². The lowest BCUT2D eigenvalue weighted by atomic mass is 10.0. The molecule has 1 saturated heterocycles. The number of aromatic nitrogens is 2. The van der Waals surface area contributed by atoms with E-state index in [0.717, 1.165) is 16.3 Å². The fourth-order valence-electron chi connectivity index (χ4n) is 4.72. The van der Waals surface area contributed by atoms with Gasteiger partial charge in [-0.1, -0.05) is 36.4 Å². The standard InChI is InChI=1S/C28H24F4N4O2/c1-18-17-35(25(37)16-19-6-12-22(13-7-19)38-28(30,31)32)14-15-36(18)27-24-5-3-2-4-23(24)26(33-34-27)20-8-10-21(29)11-9-20/h2-13,18H,14-17H2,1H3/t18-/m0/s1. The molecule has 0 radical (unpaired) electrons. The third kappa shape index (κ3) is 5.53. The average molecular weight is 525 g/mol. The number of benzene rings is 3. The second-order valence-corrected chi connectivity index (χ2v) is 9.18. The van der Waals surface area contributed by atoms with Crippen LogP contribution in [0.4, 0.5) is 23.4 Å². The molecule has 1 atom stereocenters. The molecule has 196 valence electrons. The highest BCUT2D eigenvalue weighted by Crippen LogP contribution is 2.33. The summed E-state index contributed by atoms with van der Waals surface area (Å²) in [6.45, 7) is 3.48. The molecule has 1 aliphatic heterocycles. The predicted molar refractivity (Wildman–Crippen MR) is 135 cm³/mol. The summed E-state index contributed by atoms with van der Waals surface area (Å²) in [7, 11) is 0. The molecule has 0 aliphatic carbocycles. The summed E-state index contributed by atoms with van der Waals surface area (Å²) in [6.07, 6.45) is -4.68. The van der Waals surface area contributed by atoms with Gasteiger partial charge in [-0.05, 0) is 48.9 Å². The second-order valence-electron chi connectivity index (χ2n) is 9.18. The molecule has 4 aromatic rings. The van der Waals surface area contributed by atoms with Gasteiger partial charge in [0.15, 0.2) is 5.82 Å². The molecule has 5 rings (SSSR count). The number of anilines is 1. The normalized spacial score (nSPS) is 16.1. The molecule has 1 amide bonds. The maximum atomic E-state index is 13.4. The fourth-order valence-corrected chi connectivity index (χ4v) is 4.72. The highest BCUT2D eigenvalue weighted by atomic mass is 19.4. The largest absolute Gasteiger partial charge is 0.573 e. The molecule has 3 aromatic carbocycles. The first-order chi connectivity index (χ1) is 18.2. The van der Waals surface area contributed by atoms with E-state index in [4.69, 9.17) is 0 Å². The highest BCUT2D eigenvalue weighted by Gasteiger charge is 2.31. The molecule has 2 heterocycles. The van der Waals surface area contributed by atoms with Gasteiger partial charge in [-0.15, -0.1) is 23.4 Å². The summed E-state index contributed by atoms with van der Waals surface area (Å²) in [6, 6.07) is 19.2. The van der Waals surface area contributed by atoms with Crippen LogP contribution in [0.3, 0.4) is 0 Å². The summed E-state index contributed by atoms with van der Waals surface area (Å²) in [5.41, 5.74) is 2.04. The Labute approximate surface area is 216 Å². The van der Waals surface area contributed by atoms with Crippen molar-refractivity contribution in [2.45, 2.75) is 25.7 Å². The third-order valence-corrected chi connectivity index (χ3v) is 6.55. The number of amides is 1. The molecule has 1 aliphatic rings. The average Bonchev–Trinajstić information content (AvgIpc) is 2.89. The van der Waals surface area contributed by atoms with Gasteiger partial charge in [-0.2, -0.15) is 0 Å². The van der Waals surface area contributed by atoms with Crippen molar-refractivity contribution < 1.29 is 27.1 Å². The molecule has 10 heteroatoms. The quantitative estimate of drug-likeness (QED) is 0.318. The number of hydrogen-bond acceptors (Lipinski definition) is 5. The van der Waals surface area contributed by atoms with Gasteiger partial charge in [0.2, 0.25) is 5.91 Å². The van der Waals surface area contributed by atoms with E-state index < -0.39 is 6.36 Å². The Morgan fingerprint density at radius 1 is 0.947 bits per heavy atom. The third-order valence-electron chi connectivity index (χ3n) is 6.55. The number of carbonyl (C=O) groups excluding carboxylic acids is 1. The number of ether oxygens (including phenoxy) is 1. The van der Waals surface area contributed by atoms with Crippen molar-refractivity contribution in [3.63, 3.8) is 0 Å². The number of alkyl halides is 3. The van der Waals surface area contributed by atoms with Crippen LogP contribution < -0.4 is 9.64 Å². The molecule has 0 saturated carbocycles. The molecule has 6 nitrogen and oxygen atoms in total. The van der Waals surface area contributed by atoms with Crippen molar-refractivity contribution in [1.82, 2.24) is 15.1 Å². The summed E-state index contributed by atoms with van der Waals surface area (Å²) in [4.78, 5) is 16.8. The van der Waals surface area contributed by atoms with E-state index in [1.807, 2.05) is 31.2 Å². The van der Waals surface area contributed by atoms with Crippen LogP contribution in [0.2, 0.25) is 0 Å². The lowest BCUT2D eigenvalue weighted by Crippen LogP contribution is -2.54. The summed E-state index contributed by atoms with van der Waals surface area (Å²) in [5, 5.41) is 10.8. The van der Waals surface area contributed by atoms with Gasteiger partial charge < -0.3 is 14.5 Å². The van der Waals surface area contributed by atoms with E-state index in [9.17, 15) is 22.4 Å². The van der Waals surface area contributed by atoms with Gasteiger partial charge >= 0.3 is 6.36 Å².